The normalized spacial score (nSPS) is 10.0. The molecular formula is C18H18BrNO5. The van der Waals surface area contributed by atoms with E-state index in [4.69, 9.17) is 14.2 Å². The number of halogens is 1. The van der Waals surface area contributed by atoms with E-state index in [9.17, 15) is 9.59 Å². The van der Waals surface area contributed by atoms with Crippen molar-refractivity contribution >= 4 is 33.5 Å². The molecule has 2 aromatic rings. The highest BCUT2D eigenvalue weighted by molar-refractivity contribution is 9.10. The molecule has 0 radical (unpaired) electrons. The summed E-state index contributed by atoms with van der Waals surface area (Å²) in [6.07, 6.45) is 0. The fourth-order valence-electron chi connectivity index (χ4n) is 2.01. The monoisotopic (exact) mass is 407 g/mol. The zero-order valence-electron chi connectivity index (χ0n) is 13.9. The molecule has 0 spiro atoms. The minimum Gasteiger partial charge on any atom is -0.493 e. The number of esters is 1. The molecule has 0 fully saturated rings. The van der Waals surface area contributed by atoms with E-state index in [-0.39, 0.29) is 12.2 Å². The van der Waals surface area contributed by atoms with Crippen molar-refractivity contribution in [1.82, 2.24) is 0 Å². The van der Waals surface area contributed by atoms with Crippen LogP contribution in [0.5, 0.6) is 11.5 Å². The minimum atomic E-state index is -0.618. The van der Waals surface area contributed by atoms with Gasteiger partial charge >= 0.3 is 5.97 Å². The average molecular weight is 408 g/mol. The standard InChI is InChI=1S/C18H18BrNO5/c1-3-24-15-9-4-12(10-16(15)23-2)18(22)25-11-17(21)20-14-7-5-13(19)6-8-14/h4-10H,3,11H2,1-2H3,(H,20,21). The Labute approximate surface area is 154 Å². The van der Waals surface area contributed by atoms with Crippen LogP contribution in [0, 0.1) is 0 Å². The van der Waals surface area contributed by atoms with Crippen LogP contribution in [0.2, 0.25) is 0 Å². The Kier molecular flexibility index (Phi) is 6.82. The third-order valence-corrected chi connectivity index (χ3v) is 3.69. The molecule has 0 aromatic heterocycles. The second-order valence-electron chi connectivity index (χ2n) is 4.93. The van der Waals surface area contributed by atoms with Crippen LogP contribution in [0.15, 0.2) is 46.9 Å². The zero-order chi connectivity index (χ0) is 18.2. The number of rotatable bonds is 7. The van der Waals surface area contributed by atoms with Gasteiger partial charge in [-0.1, -0.05) is 15.9 Å². The third-order valence-electron chi connectivity index (χ3n) is 3.16. The van der Waals surface area contributed by atoms with Crippen molar-refractivity contribution in [2.75, 3.05) is 25.6 Å². The summed E-state index contributed by atoms with van der Waals surface area (Å²) in [6.45, 7) is 1.95. The van der Waals surface area contributed by atoms with Crippen LogP contribution >= 0.6 is 15.9 Å². The lowest BCUT2D eigenvalue weighted by Gasteiger charge is -2.11. The Morgan fingerprint density at radius 3 is 2.44 bits per heavy atom. The molecule has 2 aromatic carbocycles. The van der Waals surface area contributed by atoms with Crippen molar-refractivity contribution in [3.05, 3.63) is 52.5 Å². The predicted octanol–water partition coefficient (Wildman–Crippen LogP) is 3.65. The number of methoxy groups -OCH3 is 1. The smallest absolute Gasteiger partial charge is 0.338 e. The number of benzene rings is 2. The number of hydrogen-bond donors (Lipinski definition) is 1. The van der Waals surface area contributed by atoms with Crippen LogP contribution in [-0.4, -0.2) is 32.2 Å². The fraction of sp³-hybridized carbons (Fsp3) is 0.222. The molecule has 1 amide bonds. The van der Waals surface area contributed by atoms with E-state index in [1.165, 1.54) is 13.2 Å². The van der Waals surface area contributed by atoms with E-state index in [1.54, 1.807) is 36.4 Å². The Morgan fingerprint density at radius 2 is 1.80 bits per heavy atom. The van der Waals surface area contributed by atoms with Gasteiger partial charge in [0.1, 0.15) is 0 Å². The highest BCUT2D eigenvalue weighted by Crippen LogP contribution is 2.28. The summed E-state index contributed by atoms with van der Waals surface area (Å²) in [5.74, 6) is -0.0778. The van der Waals surface area contributed by atoms with Crippen molar-refractivity contribution in [3.63, 3.8) is 0 Å². The van der Waals surface area contributed by atoms with Gasteiger partial charge in [-0.25, -0.2) is 4.79 Å². The molecule has 132 valence electrons. The summed E-state index contributed by atoms with van der Waals surface area (Å²) in [5.41, 5.74) is 0.892. The molecule has 6 nitrogen and oxygen atoms in total. The van der Waals surface area contributed by atoms with Crippen LogP contribution in [0.25, 0.3) is 0 Å². The minimum absolute atomic E-state index is 0.275. The Hall–Kier alpha value is -2.54. The first-order valence-corrected chi connectivity index (χ1v) is 8.36. The van der Waals surface area contributed by atoms with Crippen LogP contribution in [-0.2, 0) is 9.53 Å². The highest BCUT2D eigenvalue weighted by Gasteiger charge is 2.14. The number of nitrogens with one attached hydrogen (secondary N) is 1. The van der Waals surface area contributed by atoms with Gasteiger partial charge in [-0.05, 0) is 49.4 Å². The van der Waals surface area contributed by atoms with E-state index in [0.717, 1.165) is 4.47 Å². The van der Waals surface area contributed by atoms with Crippen molar-refractivity contribution < 1.29 is 23.8 Å². The number of ether oxygens (including phenoxy) is 3. The average Bonchev–Trinajstić information content (AvgIpc) is 2.62. The van der Waals surface area contributed by atoms with Crippen LogP contribution in [0.4, 0.5) is 5.69 Å². The second-order valence-corrected chi connectivity index (χ2v) is 5.85. The lowest BCUT2D eigenvalue weighted by Crippen LogP contribution is -2.20. The maximum absolute atomic E-state index is 12.1. The molecule has 2 rings (SSSR count). The first-order chi connectivity index (χ1) is 12.0. The topological polar surface area (TPSA) is 73.9 Å². The largest absolute Gasteiger partial charge is 0.493 e. The number of amides is 1. The van der Waals surface area contributed by atoms with E-state index >= 15 is 0 Å². The summed E-state index contributed by atoms with van der Waals surface area (Å²) >= 11 is 3.31. The Bertz CT molecular complexity index is 746. The molecule has 25 heavy (non-hydrogen) atoms. The SMILES string of the molecule is CCOc1ccc(C(=O)OCC(=O)Nc2ccc(Br)cc2)cc1OC. The van der Waals surface area contributed by atoms with E-state index in [0.29, 0.717) is 23.8 Å². The number of carbonyl (C=O) groups is 2. The fourth-order valence-corrected chi connectivity index (χ4v) is 2.28. The molecule has 0 unspecified atom stereocenters. The second kappa shape index (κ2) is 9.08. The van der Waals surface area contributed by atoms with Gasteiger partial charge in [-0.2, -0.15) is 0 Å². The summed E-state index contributed by atoms with van der Waals surface area (Å²) in [6, 6.07) is 11.8. The van der Waals surface area contributed by atoms with E-state index < -0.39 is 11.9 Å². The lowest BCUT2D eigenvalue weighted by atomic mass is 10.2. The Morgan fingerprint density at radius 1 is 1.08 bits per heavy atom. The van der Waals surface area contributed by atoms with Crippen molar-refractivity contribution in [3.8, 4) is 11.5 Å². The van der Waals surface area contributed by atoms with Gasteiger partial charge in [-0.3, -0.25) is 4.79 Å². The Balaban J connectivity index is 1.93. The van der Waals surface area contributed by atoms with Gasteiger partial charge < -0.3 is 19.5 Å². The zero-order valence-corrected chi connectivity index (χ0v) is 15.5. The van der Waals surface area contributed by atoms with Crippen molar-refractivity contribution in [2.24, 2.45) is 0 Å². The predicted molar refractivity (Wildman–Crippen MR) is 97.2 cm³/mol. The summed E-state index contributed by atoms with van der Waals surface area (Å²) in [4.78, 5) is 23.9. The summed E-state index contributed by atoms with van der Waals surface area (Å²) in [7, 11) is 1.48. The quantitative estimate of drug-likeness (QED) is 0.708. The molecule has 0 saturated heterocycles. The van der Waals surface area contributed by atoms with Gasteiger partial charge in [0.25, 0.3) is 5.91 Å². The van der Waals surface area contributed by atoms with E-state index in [2.05, 4.69) is 21.2 Å². The first-order valence-electron chi connectivity index (χ1n) is 7.57. The van der Waals surface area contributed by atoms with Gasteiger partial charge in [0.15, 0.2) is 18.1 Å². The lowest BCUT2D eigenvalue weighted by molar-refractivity contribution is -0.119. The first kappa shape index (κ1) is 18.8. The van der Waals surface area contributed by atoms with Gasteiger partial charge in [-0.15, -0.1) is 0 Å². The molecule has 0 saturated carbocycles. The molecule has 0 aliphatic heterocycles. The van der Waals surface area contributed by atoms with Crippen LogP contribution in [0.1, 0.15) is 17.3 Å². The molecule has 7 heteroatoms. The maximum Gasteiger partial charge on any atom is 0.338 e. The van der Waals surface area contributed by atoms with Crippen molar-refractivity contribution in [2.45, 2.75) is 6.92 Å². The van der Waals surface area contributed by atoms with E-state index in [1.807, 2.05) is 6.92 Å². The van der Waals surface area contributed by atoms with Gasteiger partial charge in [0.2, 0.25) is 0 Å². The highest BCUT2D eigenvalue weighted by atomic mass is 79.9. The molecule has 0 aliphatic carbocycles. The number of carbonyl (C=O) groups excluding carboxylic acids is 2. The molecule has 0 bridgehead atoms. The van der Waals surface area contributed by atoms with Crippen LogP contribution < -0.4 is 14.8 Å². The summed E-state index contributed by atoms with van der Waals surface area (Å²) < 4.78 is 16.5. The molecule has 0 aliphatic rings. The molecule has 0 atom stereocenters. The third kappa shape index (κ3) is 5.49. The van der Waals surface area contributed by atoms with Gasteiger partial charge in [0.05, 0.1) is 19.3 Å². The van der Waals surface area contributed by atoms with Crippen molar-refractivity contribution in [1.29, 1.82) is 0 Å². The maximum atomic E-state index is 12.1. The van der Waals surface area contributed by atoms with Crippen LogP contribution in [0.3, 0.4) is 0 Å². The number of hydrogen-bond acceptors (Lipinski definition) is 5. The molecule has 1 N–H and O–H groups in total. The number of anilines is 1. The molecular weight excluding hydrogens is 390 g/mol. The van der Waals surface area contributed by atoms with Gasteiger partial charge in [0, 0.05) is 10.2 Å². The molecule has 0 heterocycles. The summed E-state index contributed by atoms with van der Waals surface area (Å²) in [5, 5.41) is 2.64.